The quantitative estimate of drug-likeness (QED) is 0.769. The van der Waals surface area contributed by atoms with Crippen LogP contribution in [0, 0.1) is 0 Å². The van der Waals surface area contributed by atoms with E-state index in [9.17, 15) is 8.42 Å². The van der Waals surface area contributed by atoms with Gasteiger partial charge in [0.1, 0.15) is 0 Å². The van der Waals surface area contributed by atoms with Crippen LogP contribution in [0.3, 0.4) is 0 Å². The average molecular weight is 300 g/mol. The molecule has 0 amide bonds. The Kier molecular flexibility index (Phi) is 4.53. The van der Waals surface area contributed by atoms with E-state index in [1.807, 2.05) is 30.5 Å². The second-order valence-corrected chi connectivity index (χ2v) is 7.51. The SMILES string of the molecule is CC(CN(C)C)NS(=O)(=O)c1cc(CN)n(C2CC2)c1. The molecule has 7 heteroatoms. The Labute approximate surface area is 121 Å². The molecule has 0 aromatic carbocycles. The van der Waals surface area contributed by atoms with Crippen molar-refractivity contribution in [1.29, 1.82) is 0 Å². The second-order valence-electron chi connectivity index (χ2n) is 5.79. The van der Waals surface area contributed by atoms with E-state index in [2.05, 4.69) is 4.72 Å². The molecule has 114 valence electrons. The molecule has 1 aromatic heterocycles. The van der Waals surface area contributed by atoms with Gasteiger partial charge >= 0.3 is 0 Å². The van der Waals surface area contributed by atoms with Gasteiger partial charge in [-0.3, -0.25) is 0 Å². The Balaban J connectivity index is 2.16. The topological polar surface area (TPSA) is 80.4 Å². The van der Waals surface area contributed by atoms with Crippen molar-refractivity contribution < 1.29 is 8.42 Å². The number of likely N-dealkylation sites (N-methyl/N-ethyl adjacent to an activating group) is 1. The van der Waals surface area contributed by atoms with Crippen molar-refractivity contribution >= 4 is 10.0 Å². The number of nitrogens with two attached hydrogens (primary N) is 1. The van der Waals surface area contributed by atoms with Crippen LogP contribution in [0.25, 0.3) is 0 Å². The van der Waals surface area contributed by atoms with Crippen LogP contribution in [0.15, 0.2) is 17.2 Å². The molecule has 2 rings (SSSR count). The second kappa shape index (κ2) is 5.85. The average Bonchev–Trinajstić information content (AvgIpc) is 3.05. The molecule has 0 spiro atoms. The lowest BCUT2D eigenvalue weighted by Crippen LogP contribution is -2.39. The molecule has 1 atom stereocenters. The number of aromatic nitrogens is 1. The van der Waals surface area contributed by atoms with Crippen molar-refractivity contribution in [2.24, 2.45) is 5.73 Å². The number of nitrogens with one attached hydrogen (secondary N) is 1. The van der Waals surface area contributed by atoms with Crippen LogP contribution in [-0.2, 0) is 16.6 Å². The van der Waals surface area contributed by atoms with Crippen LogP contribution >= 0.6 is 0 Å². The molecule has 1 saturated carbocycles. The normalized spacial score (nSPS) is 17.6. The van der Waals surface area contributed by atoms with E-state index in [-0.39, 0.29) is 6.04 Å². The van der Waals surface area contributed by atoms with Gasteiger partial charge in [0.2, 0.25) is 10.0 Å². The molecule has 1 aliphatic carbocycles. The van der Waals surface area contributed by atoms with Gasteiger partial charge in [-0.05, 0) is 39.9 Å². The molecule has 6 nitrogen and oxygen atoms in total. The molecule has 1 unspecified atom stereocenters. The van der Waals surface area contributed by atoms with E-state index < -0.39 is 10.0 Å². The van der Waals surface area contributed by atoms with E-state index in [4.69, 9.17) is 5.73 Å². The lowest BCUT2D eigenvalue weighted by atomic mass is 10.3. The van der Waals surface area contributed by atoms with Crippen LogP contribution < -0.4 is 10.5 Å². The summed E-state index contributed by atoms with van der Waals surface area (Å²) >= 11 is 0. The van der Waals surface area contributed by atoms with E-state index in [1.165, 1.54) is 0 Å². The number of hydrogen-bond acceptors (Lipinski definition) is 4. The van der Waals surface area contributed by atoms with E-state index in [1.54, 1.807) is 12.3 Å². The number of nitrogens with zero attached hydrogens (tertiary/aromatic N) is 2. The summed E-state index contributed by atoms with van der Waals surface area (Å²) in [6.45, 7) is 2.88. The molecule has 0 bridgehead atoms. The zero-order chi connectivity index (χ0) is 14.9. The summed E-state index contributed by atoms with van der Waals surface area (Å²) in [7, 11) is 0.359. The highest BCUT2D eigenvalue weighted by Crippen LogP contribution is 2.37. The Morgan fingerprint density at radius 2 is 2.15 bits per heavy atom. The van der Waals surface area contributed by atoms with Crippen LogP contribution in [0.4, 0.5) is 0 Å². The first-order valence-electron chi connectivity index (χ1n) is 6.91. The molecule has 1 aromatic rings. The molecule has 20 heavy (non-hydrogen) atoms. The Bertz CT molecular complexity index is 561. The highest BCUT2D eigenvalue weighted by molar-refractivity contribution is 7.89. The Morgan fingerprint density at radius 3 is 2.65 bits per heavy atom. The molecular weight excluding hydrogens is 276 g/mol. The predicted molar refractivity (Wildman–Crippen MR) is 78.9 cm³/mol. The molecule has 1 fully saturated rings. The fourth-order valence-corrected chi connectivity index (χ4v) is 3.70. The summed E-state index contributed by atoms with van der Waals surface area (Å²) in [5.41, 5.74) is 6.58. The van der Waals surface area contributed by atoms with Gasteiger partial charge in [0.25, 0.3) is 0 Å². The van der Waals surface area contributed by atoms with E-state index in [0.29, 0.717) is 24.0 Å². The minimum Gasteiger partial charge on any atom is -0.346 e. The maximum atomic E-state index is 12.4. The number of hydrogen-bond donors (Lipinski definition) is 2. The van der Waals surface area contributed by atoms with Crippen molar-refractivity contribution in [2.45, 2.75) is 43.3 Å². The maximum Gasteiger partial charge on any atom is 0.242 e. The summed E-state index contributed by atoms with van der Waals surface area (Å²) in [4.78, 5) is 2.27. The van der Waals surface area contributed by atoms with Crippen LogP contribution in [0.2, 0.25) is 0 Å². The van der Waals surface area contributed by atoms with E-state index in [0.717, 1.165) is 18.5 Å². The summed E-state index contributed by atoms with van der Waals surface area (Å²) in [5, 5.41) is 0. The van der Waals surface area contributed by atoms with Gasteiger partial charge in [-0.15, -0.1) is 0 Å². The van der Waals surface area contributed by atoms with Crippen molar-refractivity contribution in [3.05, 3.63) is 18.0 Å². The van der Waals surface area contributed by atoms with Crippen molar-refractivity contribution in [1.82, 2.24) is 14.2 Å². The molecular formula is C13H24N4O2S. The smallest absolute Gasteiger partial charge is 0.242 e. The number of rotatable bonds is 7. The monoisotopic (exact) mass is 300 g/mol. The third-order valence-corrected chi connectivity index (χ3v) is 4.92. The third kappa shape index (κ3) is 3.60. The van der Waals surface area contributed by atoms with Crippen molar-refractivity contribution in [2.75, 3.05) is 20.6 Å². The summed E-state index contributed by atoms with van der Waals surface area (Å²) in [6.07, 6.45) is 3.92. The Hall–Kier alpha value is -0.890. The first-order chi connectivity index (χ1) is 9.33. The van der Waals surface area contributed by atoms with Gasteiger partial charge in [0.15, 0.2) is 0 Å². The summed E-state index contributed by atoms with van der Waals surface area (Å²) in [5.74, 6) is 0. The maximum absolute atomic E-state index is 12.4. The van der Waals surface area contributed by atoms with Gasteiger partial charge in [0, 0.05) is 37.1 Å². The fourth-order valence-electron chi connectivity index (χ4n) is 2.42. The van der Waals surface area contributed by atoms with Gasteiger partial charge < -0.3 is 15.2 Å². The van der Waals surface area contributed by atoms with Crippen LogP contribution in [0.5, 0.6) is 0 Å². The third-order valence-electron chi connectivity index (χ3n) is 3.36. The molecule has 1 heterocycles. The lowest BCUT2D eigenvalue weighted by molar-refractivity contribution is 0.370. The molecule has 3 N–H and O–H groups in total. The van der Waals surface area contributed by atoms with Gasteiger partial charge in [-0.25, -0.2) is 13.1 Å². The highest BCUT2D eigenvalue weighted by atomic mass is 32.2. The van der Waals surface area contributed by atoms with Crippen LogP contribution in [0.1, 0.15) is 31.5 Å². The van der Waals surface area contributed by atoms with Crippen molar-refractivity contribution in [3.8, 4) is 0 Å². The first-order valence-corrected chi connectivity index (χ1v) is 8.39. The summed E-state index contributed by atoms with van der Waals surface area (Å²) in [6, 6.07) is 1.97. The molecule has 0 radical (unpaired) electrons. The van der Waals surface area contributed by atoms with Gasteiger partial charge in [-0.2, -0.15) is 0 Å². The highest BCUT2D eigenvalue weighted by Gasteiger charge is 2.28. The van der Waals surface area contributed by atoms with Gasteiger partial charge in [-0.1, -0.05) is 0 Å². The molecule has 1 aliphatic rings. The standard InChI is InChI=1S/C13H24N4O2S/c1-10(8-16(2)3)15-20(18,19)13-6-12(7-14)17(9-13)11-4-5-11/h6,9-11,15H,4-5,7-8,14H2,1-3H3. The van der Waals surface area contributed by atoms with Crippen molar-refractivity contribution in [3.63, 3.8) is 0 Å². The zero-order valence-corrected chi connectivity index (χ0v) is 13.2. The zero-order valence-electron chi connectivity index (χ0n) is 12.3. The number of sulfonamides is 1. The van der Waals surface area contributed by atoms with Crippen LogP contribution in [-0.4, -0.2) is 44.6 Å². The Morgan fingerprint density at radius 1 is 1.50 bits per heavy atom. The largest absolute Gasteiger partial charge is 0.346 e. The molecule has 0 saturated heterocycles. The summed E-state index contributed by atoms with van der Waals surface area (Å²) < 4.78 is 29.4. The predicted octanol–water partition coefficient (Wildman–Crippen LogP) is 0.510. The molecule has 0 aliphatic heterocycles. The minimum absolute atomic E-state index is 0.138. The minimum atomic E-state index is -3.48. The van der Waals surface area contributed by atoms with Gasteiger partial charge in [0.05, 0.1) is 4.90 Å². The van der Waals surface area contributed by atoms with E-state index >= 15 is 0 Å². The fraction of sp³-hybridized carbons (Fsp3) is 0.692. The lowest BCUT2D eigenvalue weighted by Gasteiger charge is -2.17. The first kappa shape index (κ1) is 15.5.